The molecule has 13 heteroatoms. The largest absolute Gasteiger partial charge is 0.490 e. The number of carboxylic acids is 1. The molecule has 37 heavy (non-hydrogen) atoms. The van der Waals surface area contributed by atoms with Gasteiger partial charge in [-0.05, 0) is 35.4 Å². The second kappa shape index (κ2) is 10.6. The van der Waals surface area contributed by atoms with Crippen molar-refractivity contribution in [2.75, 3.05) is 31.1 Å². The van der Waals surface area contributed by atoms with Crippen LogP contribution in [0.2, 0.25) is 0 Å². The van der Waals surface area contributed by atoms with Crippen LogP contribution < -0.4 is 4.90 Å². The molecule has 1 aromatic carbocycles. The number of hydrogen-bond acceptors (Lipinski definition) is 6. The van der Waals surface area contributed by atoms with Crippen molar-refractivity contribution in [1.29, 1.82) is 0 Å². The standard InChI is InChI=1S/C22H19FN6O.C2HF3O2/c23-18-3-1-16(2-4-18)17-5-8-29-20(13-17)21(15-26-29)27-9-11-28(12-10-27)22(30)19-14-24-6-7-25-19;3-2(4,5)1(6)7/h1-8,13-15H,9-12H2;(H,6,7). The van der Waals surface area contributed by atoms with E-state index in [2.05, 4.69) is 26.0 Å². The molecular weight excluding hydrogens is 496 g/mol. The Balaban J connectivity index is 0.000000405. The monoisotopic (exact) mass is 516 g/mol. The molecule has 9 nitrogen and oxygen atoms in total. The number of amides is 1. The predicted octanol–water partition coefficient (Wildman–Crippen LogP) is 3.53. The highest BCUT2D eigenvalue weighted by Crippen LogP contribution is 2.28. The molecule has 1 saturated heterocycles. The molecule has 192 valence electrons. The molecule has 4 heterocycles. The molecule has 1 amide bonds. The normalized spacial score (nSPS) is 13.7. The summed E-state index contributed by atoms with van der Waals surface area (Å²) < 4.78 is 46.8. The molecule has 0 aliphatic carbocycles. The number of alkyl halides is 3. The van der Waals surface area contributed by atoms with Gasteiger partial charge in [-0.15, -0.1) is 0 Å². The van der Waals surface area contributed by atoms with E-state index in [1.807, 2.05) is 23.0 Å². The summed E-state index contributed by atoms with van der Waals surface area (Å²) in [4.78, 5) is 33.6. The van der Waals surface area contributed by atoms with Crippen LogP contribution in [0.1, 0.15) is 10.5 Å². The SMILES string of the molecule is O=C(O)C(F)(F)F.O=C(c1cnccn1)N1CCN(c2cnn3ccc(-c4ccc(F)cc4)cc23)CC1. The number of carbonyl (C=O) groups excluding carboxylic acids is 1. The van der Waals surface area contributed by atoms with Crippen molar-refractivity contribution < 1.29 is 32.3 Å². The second-order valence-electron chi connectivity index (χ2n) is 7.95. The maximum Gasteiger partial charge on any atom is 0.490 e. The summed E-state index contributed by atoms with van der Waals surface area (Å²) in [5.41, 5.74) is 4.31. The van der Waals surface area contributed by atoms with Crippen LogP contribution in [0.5, 0.6) is 0 Å². The Hall–Kier alpha value is -4.55. The Morgan fingerprint density at radius 1 is 0.919 bits per heavy atom. The lowest BCUT2D eigenvalue weighted by Gasteiger charge is -2.35. The van der Waals surface area contributed by atoms with Crippen molar-refractivity contribution in [1.82, 2.24) is 24.5 Å². The maximum atomic E-state index is 13.3. The number of hydrogen-bond donors (Lipinski definition) is 1. The molecular formula is C24H20F4N6O3. The van der Waals surface area contributed by atoms with Gasteiger partial charge in [-0.25, -0.2) is 18.7 Å². The number of piperazine rings is 1. The Labute approximate surface area is 207 Å². The number of carbonyl (C=O) groups is 2. The van der Waals surface area contributed by atoms with E-state index in [0.717, 1.165) is 22.3 Å². The van der Waals surface area contributed by atoms with E-state index in [0.29, 0.717) is 31.9 Å². The number of rotatable bonds is 3. The average Bonchev–Trinajstić information content (AvgIpc) is 3.32. The van der Waals surface area contributed by atoms with Gasteiger partial charge in [0.1, 0.15) is 11.5 Å². The fourth-order valence-corrected chi connectivity index (χ4v) is 3.76. The number of halogens is 4. The highest BCUT2D eigenvalue weighted by Gasteiger charge is 2.38. The number of fused-ring (bicyclic) bond motifs is 1. The maximum absolute atomic E-state index is 13.3. The highest BCUT2D eigenvalue weighted by molar-refractivity contribution is 5.92. The van der Waals surface area contributed by atoms with Gasteiger partial charge in [0.05, 0.1) is 23.6 Å². The number of aliphatic carboxylic acids is 1. The minimum Gasteiger partial charge on any atom is -0.475 e. The number of anilines is 1. The molecule has 5 rings (SSSR count). The van der Waals surface area contributed by atoms with Crippen LogP contribution in [0.4, 0.5) is 23.2 Å². The Bertz CT molecular complexity index is 1390. The molecule has 0 saturated carbocycles. The van der Waals surface area contributed by atoms with Gasteiger partial charge < -0.3 is 14.9 Å². The number of carboxylic acid groups (broad SMARTS) is 1. The summed E-state index contributed by atoms with van der Waals surface area (Å²) in [6.07, 6.45) is 3.26. The number of benzene rings is 1. The fraction of sp³-hybridized carbons (Fsp3) is 0.208. The minimum absolute atomic E-state index is 0.0961. The van der Waals surface area contributed by atoms with Gasteiger partial charge in [-0.2, -0.15) is 18.3 Å². The highest BCUT2D eigenvalue weighted by atomic mass is 19.4. The number of nitrogens with zero attached hydrogens (tertiary/aromatic N) is 6. The van der Waals surface area contributed by atoms with Crippen LogP contribution in [0.25, 0.3) is 16.6 Å². The number of aromatic nitrogens is 4. The molecule has 4 aromatic rings. The summed E-state index contributed by atoms with van der Waals surface area (Å²) in [6, 6.07) is 10.5. The Morgan fingerprint density at radius 3 is 2.19 bits per heavy atom. The molecule has 1 fully saturated rings. The summed E-state index contributed by atoms with van der Waals surface area (Å²) in [5.74, 6) is -3.10. The van der Waals surface area contributed by atoms with E-state index in [9.17, 15) is 22.4 Å². The molecule has 0 bridgehead atoms. The predicted molar refractivity (Wildman–Crippen MR) is 124 cm³/mol. The zero-order valence-corrected chi connectivity index (χ0v) is 19.1. The van der Waals surface area contributed by atoms with E-state index in [1.165, 1.54) is 24.5 Å². The smallest absolute Gasteiger partial charge is 0.475 e. The van der Waals surface area contributed by atoms with Gasteiger partial charge in [-0.3, -0.25) is 9.78 Å². The van der Waals surface area contributed by atoms with E-state index < -0.39 is 12.1 Å². The van der Waals surface area contributed by atoms with Gasteiger partial charge >= 0.3 is 12.1 Å². The Morgan fingerprint density at radius 2 is 1.59 bits per heavy atom. The average molecular weight is 516 g/mol. The fourth-order valence-electron chi connectivity index (χ4n) is 3.76. The van der Waals surface area contributed by atoms with Crippen molar-refractivity contribution in [3.8, 4) is 11.1 Å². The molecule has 1 N–H and O–H groups in total. The Kier molecular flexibility index (Phi) is 7.32. The van der Waals surface area contributed by atoms with E-state index in [-0.39, 0.29) is 11.7 Å². The molecule has 0 spiro atoms. The first-order valence-corrected chi connectivity index (χ1v) is 11.0. The van der Waals surface area contributed by atoms with Gasteiger partial charge in [-0.1, -0.05) is 12.1 Å². The van der Waals surface area contributed by atoms with E-state index >= 15 is 0 Å². The third kappa shape index (κ3) is 6.00. The van der Waals surface area contributed by atoms with Crippen LogP contribution >= 0.6 is 0 Å². The second-order valence-corrected chi connectivity index (χ2v) is 7.95. The van der Waals surface area contributed by atoms with Gasteiger partial charge in [0.15, 0.2) is 0 Å². The van der Waals surface area contributed by atoms with Crippen molar-refractivity contribution >= 4 is 23.1 Å². The van der Waals surface area contributed by atoms with E-state index in [1.54, 1.807) is 23.2 Å². The van der Waals surface area contributed by atoms with Crippen molar-refractivity contribution in [2.24, 2.45) is 0 Å². The van der Waals surface area contributed by atoms with Crippen molar-refractivity contribution in [3.63, 3.8) is 0 Å². The first-order chi connectivity index (χ1) is 17.6. The van der Waals surface area contributed by atoms with Gasteiger partial charge in [0.25, 0.3) is 5.91 Å². The molecule has 3 aromatic heterocycles. The lowest BCUT2D eigenvalue weighted by molar-refractivity contribution is -0.192. The van der Waals surface area contributed by atoms with Crippen LogP contribution in [0, 0.1) is 5.82 Å². The van der Waals surface area contributed by atoms with Crippen LogP contribution in [0.3, 0.4) is 0 Å². The molecule has 1 aliphatic rings. The zero-order chi connectivity index (χ0) is 26.6. The molecule has 1 aliphatic heterocycles. The van der Waals surface area contributed by atoms with Crippen LogP contribution in [-0.4, -0.2) is 73.8 Å². The molecule has 0 atom stereocenters. The van der Waals surface area contributed by atoms with Crippen molar-refractivity contribution in [3.05, 3.63) is 78.9 Å². The third-order valence-corrected chi connectivity index (χ3v) is 5.61. The quantitative estimate of drug-likeness (QED) is 0.416. The van der Waals surface area contributed by atoms with Crippen LogP contribution in [0.15, 0.2) is 67.4 Å². The lowest BCUT2D eigenvalue weighted by Crippen LogP contribution is -2.49. The summed E-state index contributed by atoms with van der Waals surface area (Å²) in [5, 5.41) is 11.6. The summed E-state index contributed by atoms with van der Waals surface area (Å²) in [7, 11) is 0. The lowest BCUT2D eigenvalue weighted by atomic mass is 10.1. The first-order valence-electron chi connectivity index (χ1n) is 11.0. The number of pyridine rings is 1. The van der Waals surface area contributed by atoms with Crippen molar-refractivity contribution in [2.45, 2.75) is 6.18 Å². The topological polar surface area (TPSA) is 104 Å². The minimum atomic E-state index is -5.08. The van der Waals surface area contributed by atoms with E-state index in [4.69, 9.17) is 9.90 Å². The molecule has 0 unspecified atom stereocenters. The van der Waals surface area contributed by atoms with Gasteiger partial charge in [0.2, 0.25) is 0 Å². The molecule has 0 radical (unpaired) electrons. The summed E-state index contributed by atoms with van der Waals surface area (Å²) >= 11 is 0. The first kappa shape index (κ1) is 25.5. The summed E-state index contributed by atoms with van der Waals surface area (Å²) in [6.45, 7) is 2.61. The van der Waals surface area contributed by atoms with Gasteiger partial charge in [0, 0.05) is 44.8 Å². The van der Waals surface area contributed by atoms with Crippen LogP contribution in [-0.2, 0) is 4.79 Å². The zero-order valence-electron chi connectivity index (χ0n) is 19.1. The third-order valence-electron chi connectivity index (χ3n) is 5.61.